The van der Waals surface area contributed by atoms with Crippen LogP contribution in [0.2, 0.25) is 0 Å². The molecule has 0 unspecified atom stereocenters. The Morgan fingerprint density at radius 1 is 1.00 bits per heavy atom. The van der Waals surface area contributed by atoms with Crippen LogP contribution in [0.15, 0.2) is 54.6 Å². The number of benzene rings is 2. The highest BCUT2D eigenvalue weighted by Gasteiger charge is 2.20. The van der Waals surface area contributed by atoms with Gasteiger partial charge in [0.25, 0.3) is 0 Å². The lowest BCUT2D eigenvalue weighted by atomic mass is 10.2. The lowest BCUT2D eigenvalue weighted by Gasteiger charge is -2.21. The van der Waals surface area contributed by atoms with Gasteiger partial charge in [-0.2, -0.15) is 0 Å². The van der Waals surface area contributed by atoms with Gasteiger partial charge in [-0.1, -0.05) is 42.5 Å². The van der Waals surface area contributed by atoms with Crippen LogP contribution in [0.4, 0.5) is 0 Å². The summed E-state index contributed by atoms with van der Waals surface area (Å²) in [6.07, 6.45) is 4.77. The van der Waals surface area contributed by atoms with Crippen molar-refractivity contribution < 1.29 is 14.3 Å². The zero-order valence-corrected chi connectivity index (χ0v) is 16.6. The van der Waals surface area contributed by atoms with E-state index in [2.05, 4.69) is 17.1 Å². The molecule has 2 aromatic rings. The molecule has 148 valence electrons. The minimum atomic E-state index is 0.207. The highest BCUT2D eigenvalue weighted by Crippen LogP contribution is 2.19. The smallest absolute Gasteiger partial charge is 0.224 e. The maximum Gasteiger partial charge on any atom is 0.224 e. The van der Waals surface area contributed by atoms with E-state index in [4.69, 9.17) is 9.47 Å². The predicted molar refractivity (Wildman–Crippen MR) is 111 cm³/mol. The second-order valence-electron chi connectivity index (χ2n) is 6.86. The molecule has 28 heavy (non-hydrogen) atoms. The fraction of sp³-hybridized carbons (Fsp3) is 0.348. The fourth-order valence-electron chi connectivity index (χ4n) is 3.38. The molecular formula is C23H28N2O3. The van der Waals surface area contributed by atoms with Crippen LogP contribution in [0, 0.1) is 0 Å². The van der Waals surface area contributed by atoms with Crippen LogP contribution in [-0.4, -0.2) is 56.1 Å². The summed E-state index contributed by atoms with van der Waals surface area (Å²) in [4.78, 5) is 16.8. The van der Waals surface area contributed by atoms with Crippen molar-refractivity contribution in [1.82, 2.24) is 9.80 Å². The van der Waals surface area contributed by atoms with Gasteiger partial charge in [0.15, 0.2) is 0 Å². The maximum atomic E-state index is 12.5. The van der Waals surface area contributed by atoms with E-state index in [9.17, 15) is 4.79 Å². The molecule has 1 heterocycles. The number of ether oxygens (including phenoxy) is 2. The van der Waals surface area contributed by atoms with Crippen molar-refractivity contribution in [2.24, 2.45) is 0 Å². The number of carbonyl (C=O) groups is 1. The van der Waals surface area contributed by atoms with Gasteiger partial charge >= 0.3 is 0 Å². The molecular weight excluding hydrogens is 352 g/mol. The summed E-state index contributed by atoms with van der Waals surface area (Å²) in [7, 11) is 3.34. The van der Waals surface area contributed by atoms with E-state index in [-0.39, 0.29) is 5.91 Å². The SMILES string of the molecule is COc1cccc(CN2CCN(CC=Cc3ccccc3OC)CCC2=O)c1. The second-order valence-corrected chi connectivity index (χ2v) is 6.86. The number of amides is 1. The fourth-order valence-corrected chi connectivity index (χ4v) is 3.38. The molecule has 1 aliphatic heterocycles. The van der Waals surface area contributed by atoms with Crippen molar-refractivity contribution in [3.05, 3.63) is 65.7 Å². The Balaban J connectivity index is 1.56. The van der Waals surface area contributed by atoms with Gasteiger partial charge in [-0.3, -0.25) is 9.69 Å². The number of rotatable bonds is 7. The Labute approximate surface area is 167 Å². The van der Waals surface area contributed by atoms with E-state index < -0.39 is 0 Å². The van der Waals surface area contributed by atoms with E-state index in [0.29, 0.717) is 13.0 Å². The van der Waals surface area contributed by atoms with Gasteiger partial charge in [-0.15, -0.1) is 0 Å². The van der Waals surface area contributed by atoms with Gasteiger partial charge < -0.3 is 14.4 Å². The van der Waals surface area contributed by atoms with Crippen LogP contribution in [0.3, 0.4) is 0 Å². The molecule has 1 amide bonds. The quantitative estimate of drug-likeness (QED) is 0.738. The third-order valence-corrected chi connectivity index (χ3v) is 4.99. The molecule has 0 bridgehead atoms. The van der Waals surface area contributed by atoms with Gasteiger partial charge in [-0.05, 0) is 23.8 Å². The molecule has 0 spiro atoms. The number of hydrogen-bond acceptors (Lipinski definition) is 4. The monoisotopic (exact) mass is 380 g/mol. The molecule has 5 nitrogen and oxygen atoms in total. The Morgan fingerprint density at radius 2 is 1.86 bits per heavy atom. The lowest BCUT2D eigenvalue weighted by molar-refractivity contribution is -0.130. The van der Waals surface area contributed by atoms with Crippen molar-refractivity contribution in [2.75, 3.05) is 40.4 Å². The number of methoxy groups -OCH3 is 2. The first-order valence-corrected chi connectivity index (χ1v) is 9.62. The number of nitrogens with zero attached hydrogens (tertiary/aromatic N) is 2. The average Bonchev–Trinajstić information content (AvgIpc) is 2.90. The largest absolute Gasteiger partial charge is 0.497 e. The highest BCUT2D eigenvalue weighted by molar-refractivity contribution is 5.76. The van der Waals surface area contributed by atoms with E-state index in [0.717, 1.165) is 48.8 Å². The Kier molecular flexibility index (Phi) is 7.09. The molecule has 0 aliphatic carbocycles. The third-order valence-electron chi connectivity index (χ3n) is 4.99. The average molecular weight is 380 g/mol. The molecule has 5 heteroatoms. The lowest BCUT2D eigenvalue weighted by Crippen LogP contribution is -2.32. The number of carbonyl (C=O) groups excluding carboxylic acids is 1. The summed E-state index contributed by atoms with van der Waals surface area (Å²) in [5, 5.41) is 0. The van der Waals surface area contributed by atoms with Crippen molar-refractivity contribution in [2.45, 2.75) is 13.0 Å². The van der Waals surface area contributed by atoms with Crippen LogP contribution in [0.1, 0.15) is 17.5 Å². The highest BCUT2D eigenvalue weighted by atomic mass is 16.5. The molecule has 2 aromatic carbocycles. The zero-order chi connectivity index (χ0) is 19.8. The minimum Gasteiger partial charge on any atom is -0.497 e. The summed E-state index contributed by atoms with van der Waals surface area (Å²) in [5.74, 6) is 1.90. The van der Waals surface area contributed by atoms with Crippen molar-refractivity contribution in [3.8, 4) is 11.5 Å². The van der Waals surface area contributed by atoms with Crippen LogP contribution in [0.25, 0.3) is 6.08 Å². The molecule has 0 radical (unpaired) electrons. The number of para-hydroxylation sites is 1. The Bertz CT molecular complexity index is 819. The molecule has 0 aromatic heterocycles. The molecule has 1 fully saturated rings. The molecule has 0 atom stereocenters. The zero-order valence-electron chi connectivity index (χ0n) is 16.6. The summed E-state index contributed by atoms with van der Waals surface area (Å²) < 4.78 is 10.7. The van der Waals surface area contributed by atoms with E-state index in [1.807, 2.05) is 53.4 Å². The van der Waals surface area contributed by atoms with Crippen molar-refractivity contribution >= 4 is 12.0 Å². The molecule has 0 saturated carbocycles. The van der Waals surface area contributed by atoms with E-state index in [1.54, 1.807) is 14.2 Å². The van der Waals surface area contributed by atoms with Gasteiger partial charge in [0.1, 0.15) is 11.5 Å². The van der Waals surface area contributed by atoms with Crippen LogP contribution < -0.4 is 9.47 Å². The van der Waals surface area contributed by atoms with Crippen LogP contribution in [-0.2, 0) is 11.3 Å². The summed E-state index contributed by atoms with van der Waals surface area (Å²) in [6, 6.07) is 15.9. The van der Waals surface area contributed by atoms with Crippen molar-refractivity contribution in [3.63, 3.8) is 0 Å². The molecule has 0 N–H and O–H groups in total. The van der Waals surface area contributed by atoms with Gasteiger partial charge in [-0.25, -0.2) is 0 Å². The topological polar surface area (TPSA) is 42.0 Å². The summed E-state index contributed by atoms with van der Waals surface area (Å²) >= 11 is 0. The maximum absolute atomic E-state index is 12.5. The first kappa shape index (κ1) is 20.0. The second kappa shape index (κ2) is 9.95. The van der Waals surface area contributed by atoms with Gasteiger partial charge in [0, 0.05) is 44.7 Å². The molecule has 1 saturated heterocycles. The Morgan fingerprint density at radius 3 is 2.68 bits per heavy atom. The molecule has 1 aliphatic rings. The molecule has 3 rings (SSSR count). The number of hydrogen-bond donors (Lipinski definition) is 0. The normalized spacial score (nSPS) is 15.6. The van der Waals surface area contributed by atoms with Crippen LogP contribution in [0.5, 0.6) is 11.5 Å². The third kappa shape index (κ3) is 5.36. The van der Waals surface area contributed by atoms with Crippen LogP contribution >= 0.6 is 0 Å². The first-order chi connectivity index (χ1) is 13.7. The Hall–Kier alpha value is -2.79. The van der Waals surface area contributed by atoms with E-state index >= 15 is 0 Å². The summed E-state index contributed by atoms with van der Waals surface area (Å²) in [5.41, 5.74) is 2.16. The standard InChI is InChI=1S/C23H28N2O3/c1-27-21-10-5-7-19(17-21)18-25-16-15-24(14-12-23(25)26)13-6-9-20-8-3-4-11-22(20)28-2/h3-11,17H,12-16,18H2,1-2H3. The van der Waals surface area contributed by atoms with Gasteiger partial charge in [0.2, 0.25) is 5.91 Å². The van der Waals surface area contributed by atoms with E-state index in [1.165, 1.54) is 0 Å². The first-order valence-electron chi connectivity index (χ1n) is 9.62. The van der Waals surface area contributed by atoms with Crippen molar-refractivity contribution in [1.29, 1.82) is 0 Å². The predicted octanol–water partition coefficient (Wildman–Crippen LogP) is 3.45. The van der Waals surface area contributed by atoms with Gasteiger partial charge in [0.05, 0.1) is 14.2 Å². The minimum absolute atomic E-state index is 0.207. The summed E-state index contributed by atoms with van der Waals surface area (Å²) in [6.45, 7) is 3.83.